The summed E-state index contributed by atoms with van der Waals surface area (Å²) >= 11 is 0. The quantitative estimate of drug-likeness (QED) is 0.0918. The number of benzene rings is 2. The Morgan fingerprint density at radius 3 is 1.47 bits per heavy atom. The molecule has 0 saturated heterocycles. The topological polar surface area (TPSA) is 108 Å². The van der Waals surface area contributed by atoms with Crippen molar-refractivity contribution < 1.29 is 19.1 Å². The van der Waals surface area contributed by atoms with Crippen LogP contribution in [0.1, 0.15) is 95.2 Å². The van der Waals surface area contributed by atoms with Gasteiger partial charge in [-0.3, -0.25) is 9.59 Å². The molecule has 0 bridgehead atoms. The van der Waals surface area contributed by atoms with Gasteiger partial charge in [0.1, 0.15) is 17.6 Å². The van der Waals surface area contributed by atoms with Crippen LogP contribution in [0.15, 0.2) is 36.4 Å². The third-order valence-electron chi connectivity index (χ3n) is 11.8. The molecule has 2 aliphatic carbocycles. The van der Waals surface area contributed by atoms with Crippen molar-refractivity contribution >= 4 is 45.1 Å². The molecule has 6 rings (SSSR count). The predicted molar refractivity (Wildman–Crippen MR) is 190 cm³/mol. The number of aryl methyl sites for hydroxylation is 2. The fourth-order valence-corrected chi connectivity index (χ4v) is 8.82. The minimum absolute atomic E-state index is 0.170. The Morgan fingerprint density at radius 2 is 1.11 bits per heavy atom. The standard InChI is InChI=1S/C39H52N4O4/c1-7-38(8-2,24-11-15-28-30-21-26(40-5)13-17-32(30)42-34(28)19-24)46-36(44)23-37(45)47-39(9-3,10-4)25-12-16-29-31-22-27(41-6)14-18-33(31)43-35(29)20-25/h13-14,17-18,21-22,24-25,40-43H,7-12,15-16,19-20,23H2,1-6H3. The molecule has 2 aromatic heterocycles. The van der Waals surface area contributed by atoms with Crippen LogP contribution in [0.5, 0.6) is 0 Å². The van der Waals surface area contributed by atoms with Crippen LogP contribution in [0.4, 0.5) is 11.4 Å². The normalized spacial score (nSPS) is 18.1. The van der Waals surface area contributed by atoms with E-state index in [1.165, 1.54) is 33.3 Å². The van der Waals surface area contributed by atoms with E-state index in [2.05, 4.69) is 84.7 Å². The van der Waals surface area contributed by atoms with Crippen LogP contribution in [-0.4, -0.2) is 47.2 Å². The number of carbonyl (C=O) groups is 2. The molecule has 8 heteroatoms. The second kappa shape index (κ2) is 13.3. The molecule has 2 heterocycles. The largest absolute Gasteiger partial charge is 0.458 e. The van der Waals surface area contributed by atoms with Crippen molar-refractivity contribution in [2.75, 3.05) is 24.7 Å². The Morgan fingerprint density at radius 1 is 0.702 bits per heavy atom. The van der Waals surface area contributed by atoms with Crippen LogP contribution in [0, 0.1) is 11.8 Å². The summed E-state index contributed by atoms with van der Waals surface area (Å²) in [4.78, 5) is 34.3. The first-order chi connectivity index (χ1) is 22.7. The Bertz CT molecular complexity index is 1630. The third-order valence-corrected chi connectivity index (χ3v) is 11.8. The van der Waals surface area contributed by atoms with Crippen LogP contribution in [0.25, 0.3) is 21.8 Å². The fourth-order valence-electron chi connectivity index (χ4n) is 8.82. The number of hydrogen-bond acceptors (Lipinski definition) is 6. The Hall–Kier alpha value is -3.94. The molecule has 0 radical (unpaired) electrons. The summed E-state index contributed by atoms with van der Waals surface area (Å²) in [5, 5.41) is 9.02. The average molecular weight is 641 g/mol. The second-order valence-corrected chi connectivity index (χ2v) is 13.7. The zero-order valence-electron chi connectivity index (χ0n) is 29.0. The summed E-state index contributed by atoms with van der Waals surface area (Å²) in [7, 11) is 3.88. The number of aromatic amines is 2. The van der Waals surface area contributed by atoms with Gasteiger partial charge in [-0.2, -0.15) is 0 Å². The van der Waals surface area contributed by atoms with Crippen LogP contribution < -0.4 is 10.6 Å². The maximum Gasteiger partial charge on any atom is 0.317 e. The molecule has 0 saturated carbocycles. The molecule has 47 heavy (non-hydrogen) atoms. The van der Waals surface area contributed by atoms with E-state index in [-0.39, 0.29) is 18.3 Å². The molecule has 8 nitrogen and oxygen atoms in total. The number of aromatic nitrogens is 2. The van der Waals surface area contributed by atoms with Gasteiger partial charge in [-0.1, -0.05) is 27.7 Å². The molecule has 0 amide bonds. The summed E-state index contributed by atoms with van der Waals surface area (Å²) < 4.78 is 12.6. The number of nitrogens with one attached hydrogen (secondary N) is 4. The molecule has 0 aliphatic heterocycles. The van der Waals surface area contributed by atoms with Gasteiger partial charge in [0.15, 0.2) is 0 Å². The van der Waals surface area contributed by atoms with Gasteiger partial charge in [0.05, 0.1) is 0 Å². The van der Waals surface area contributed by atoms with E-state index >= 15 is 0 Å². The molecule has 0 fully saturated rings. The van der Waals surface area contributed by atoms with Crippen molar-refractivity contribution in [3.63, 3.8) is 0 Å². The number of rotatable bonds is 12. The number of hydrogen-bond donors (Lipinski definition) is 4. The van der Waals surface area contributed by atoms with E-state index in [9.17, 15) is 9.59 Å². The van der Waals surface area contributed by atoms with E-state index in [0.717, 1.165) is 60.9 Å². The maximum atomic E-state index is 13.5. The van der Waals surface area contributed by atoms with Crippen molar-refractivity contribution in [1.29, 1.82) is 0 Å². The minimum atomic E-state index is -0.627. The minimum Gasteiger partial charge on any atom is -0.458 e. The van der Waals surface area contributed by atoms with E-state index in [1.807, 2.05) is 14.1 Å². The molecule has 252 valence electrons. The lowest BCUT2D eigenvalue weighted by molar-refractivity contribution is -0.180. The van der Waals surface area contributed by atoms with E-state index < -0.39 is 23.1 Å². The van der Waals surface area contributed by atoms with E-state index in [0.29, 0.717) is 25.7 Å². The monoisotopic (exact) mass is 640 g/mol. The highest BCUT2D eigenvalue weighted by molar-refractivity contribution is 5.92. The zero-order chi connectivity index (χ0) is 33.3. The summed E-state index contributed by atoms with van der Waals surface area (Å²) in [6, 6.07) is 12.9. The first kappa shape index (κ1) is 33.0. The molecule has 2 atom stereocenters. The van der Waals surface area contributed by atoms with Gasteiger partial charge in [0.2, 0.25) is 0 Å². The van der Waals surface area contributed by atoms with Crippen LogP contribution >= 0.6 is 0 Å². The van der Waals surface area contributed by atoms with E-state index in [1.54, 1.807) is 0 Å². The first-order valence-electron chi connectivity index (χ1n) is 17.8. The molecule has 2 unspecified atom stereocenters. The number of fused-ring (bicyclic) bond motifs is 6. The summed E-state index contributed by atoms with van der Waals surface area (Å²) in [5.74, 6) is -0.626. The zero-order valence-corrected chi connectivity index (χ0v) is 29.0. The number of carbonyl (C=O) groups excluding carboxylic acids is 2. The van der Waals surface area contributed by atoms with Gasteiger partial charge in [-0.25, -0.2) is 0 Å². The van der Waals surface area contributed by atoms with Gasteiger partial charge in [0.25, 0.3) is 0 Å². The van der Waals surface area contributed by atoms with Crippen molar-refractivity contribution in [3.05, 3.63) is 58.9 Å². The summed E-state index contributed by atoms with van der Waals surface area (Å²) in [6.45, 7) is 8.37. The molecular weight excluding hydrogens is 588 g/mol. The van der Waals surface area contributed by atoms with Crippen molar-refractivity contribution in [1.82, 2.24) is 9.97 Å². The van der Waals surface area contributed by atoms with Crippen molar-refractivity contribution in [3.8, 4) is 0 Å². The van der Waals surface area contributed by atoms with Crippen molar-refractivity contribution in [2.45, 2.75) is 110 Å². The number of esters is 2. The highest BCUT2D eigenvalue weighted by atomic mass is 16.6. The van der Waals surface area contributed by atoms with Crippen molar-refractivity contribution in [2.24, 2.45) is 11.8 Å². The second-order valence-electron chi connectivity index (χ2n) is 13.7. The SMILES string of the molecule is CCC(CC)(OC(=O)CC(=O)OC(CC)(CC)C1CCc2c([nH]c3ccc(NC)cc23)C1)C1CCc2c([nH]c3ccc(NC)cc23)C1. The Balaban J connectivity index is 1.13. The van der Waals surface area contributed by atoms with Crippen LogP contribution in [0.3, 0.4) is 0 Å². The van der Waals surface area contributed by atoms with Gasteiger partial charge >= 0.3 is 11.9 Å². The lowest BCUT2D eigenvalue weighted by atomic mass is 9.73. The number of ether oxygens (including phenoxy) is 2. The Labute approximate surface area is 278 Å². The average Bonchev–Trinajstić information content (AvgIpc) is 3.65. The molecule has 0 spiro atoms. The summed E-state index contributed by atoms with van der Waals surface area (Å²) in [6.07, 6.45) is 7.82. The van der Waals surface area contributed by atoms with Gasteiger partial charge in [-0.05, 0) is 112 Å². The fraction of sp³-hybridized carbons (Fsp3) is 0.538. The van der Waals surface area contributed by atoms with Crippen LogP contribution in [0.2, 0.25) is 0 Å². The smallest absolute Gasteiger partial charge is 0.317 e. The molecular formula is C39H52N4O4. The highest BCUT2D eigenvalue weighted by Crippen LogP contribution is 2.43. The third kappa shape index (κ3) is 6.00. The van der Waals surface area contributed by atoms with Gasteiger partial charge in [-0.15, -0.1) is 0 Å². The lowest BCUT2D eigenvalue weighted by Gasteiger charge is -2.42. The summed E-state index contributed by atoms with van der Waals surface area (Å²) in [5.41, 5.74) is 8.43. The number of H-pyrrole nitrogens is 2. The number of anilines is 2. The molecule has 2 aromatic carbocycles. The van der Waals surface area contributed by atoms with E-state index in [4.69, 9.17) is 9.47 Å². The predicted octanol–water partition coefficient (Wildman–Crippen LogP) is 8.24. The van der Waals surface area contributed by atoms with Gasteiger partial charge in [0, 0.05) is 70.5 Å². The maximum absolute atomic E-state index is 13.5. The highest BCUT2D eigenvalue weighted by Gasteiger charge is 2.44. The van der Waals surface area contributed by atoms with Gasteiger partial charge < -0.3 is 30.1 Å². The lowest BCUT2D eigenvalue weighted by Crippen LogP contribution is -2.46. The Kier molecular flexibility index (Phi) is 9.32. The molecule has 4 N–H and O–H groups in total. The van der Waals surface area contributed by atoms with Crippen LogP contribution in [-0.2, 0) is 44.7 Å². The molecule has 2 aliphatic rings. The first-order valence-corrected chi connectivity index (χ1v) is 17.8. The molecule has 4 aromatic rings.